The summed E-state index contributed by atoms with van der Waals surface area (Å²) in [6.45, 7) is 5.46. The second kappa shape index (κ2) is 10.7. The second-order valence-electron chi connectivity index (χ2n) is 5.83. The number of nitrogens with zero attached hydrogens (tertiary/aromatic N) is 3. The number of halogens is 1. The summed E-state index contributed by atoms with van der Waals surface area (Å²) in [6.07, 6.45) is 1.67. The van der Waals surface area contributed by atoms with Crippen LogP contribution in [0.2, 0.25) is 0 Å². The lowest BCUT2D eigenvalue weighted by Crippen LogP contribution is -2.50. The lowest BCUT2D eigenvalue weighted by Gasteiger charge is -2.40. The summed E-state index contributed by atoms with van der Waals surface area (Å²) in [4.78, 5) is 6.17. The van der Waals surface area contributed by atoms with Crippen LogP contribution in [0.5, 0.6) is 5.88 Å². The highest BCUT2D eigenvalue weighted by Gasteiger charge is 2.33. The number of fused-ring (bicyclic) bond motifs is 1. The molecule has 0 amide bonds. The van der Waals surface area contributed by atoms with Crippen LogP contribution < -0.4 is 15.8 Å². The van der Waals surface area contributed by atoms with E-state index in [0.29, 0.717) is 16.6 Å². The molecule has 0 radical (unpaired) electrons. The number of hydrogen-bond acceptors (Lipinski definition) is 6. The topological polar surface area (TPSA) is 89.4 Å². The maximum atomic E-state index is 13.2. The van der Waals surface area contributed by atoms with Gasteiger partial charge in [-0.1, -0.05) is 19.0 Å². The molecule has 1 saturated heterocycles. The summed E-state index contributed by atoms with van der Waals surface area (Å²) < 4.78 is 23.5. The number of nitrogens with two attached hydrogens (primary N) is 1. The van der Waals surface area contributed by atoms with Crippen molar-refractivity contribution in [2.75, 3.05) is 32.6 Å². The van der Waals surface area contributed by atoms with Crippen LogP contribution in [0.25, 0.3) is 11.0 Å². The van der Waals surface area contributed by atoms with Gasteiger partial charge in [-0.15, -0.1) is 0 Å². The number of likely N-dealkylation sites (tertiary alicyclic amines) is 1. The van der Waals surface area contributed by atoms with Crippen molar-refractivity contribution >= 4 is 34.0 Å². The van der Waals surface area contributed by atoms with E-state index in [0.717, 1.165) is 29.9 Å². The average molecular weight is 420 g/mol. The highest BCUT2D eigenvalue weighted by Crippen LogP contribution is 2.32. The Hall–Kier alpha value is -2.78. The monoisotopic (exact) mass is 419 g/mol. The predicted molar refractivity (Wildman–Crippen MR) is 117 cm³/mol. The summed E-state index contributed by atoms with van der Waals surface area (Å²) in [6, 6.07) is 8.10. The molecular weight excluding hydrogens is 393 g/mol. The fourth-order valence-corrected chi connectivity index (χ4v) is 3.09. The number of aromatic nitrogens is 2. The quantitative estimate of drug-likeness (QED) is 0.620. The second-order valence-corrected chi connectivity index (χ2v) is 6.22. The third kappa shape index (κ3) is 5.18. The van der Waals surface area contributed by atoms with Crippen LogP contribution in [0.15, 0.2) is 41.1 Å². The van der Waals surface area contributed by atoms with E-state index in [9.17, 15) is 4.39 Å². The molecule has 0 atom stereocenters. The molecule has 3 aromatic rings. The molecule has 0 spiro atoms. The molecule has 29 heavy (non-hydrogen) atoms. The number of benzene rings is 1. The Morgan fingerprint density at radius 2 is 2.00 bits per heavy atom. The molecule has 1 aliphatic rings. The van der Waals surface area contributed by atoms with Crippen molar-refractivity contribution in [3.8, 4) is 5.88 Å². The van der Waals surface area contributed by atoms with Gasteiger partial charge in [0.15, 0.2) is 10.7 Å². The minimum atomic E-state index is -0.330. The molecule has 156 valence electrons. The fraction of sp³-hybridized carbons (Fsp3) is 0.350. The SMILES string of the molecule is CC.CN.COc1ccc(NC(=S)N2CC(c3noc4cc(F)ccc34)C2)cn1. The zero-order valence-corrected chi connectivity index (χ0v) is 17.8. The van der Waals surface area contributed by atoms with Crippen LogP contribution in [0.3, 0.4) is 0 Å². The van der Waals surface area contributed by atoms with Gasteiger partial charge >= 0.3 is 0 Å². The van der Waals surface area contributed by atoms with Crippen LogP contribution in [0.1, 0.15) is 25.5 Å². The normalized spacial score (nSPS) is 12.8. The van der Waals surface area contributed by atoms with Crippen molar-refractivity contribution in [1.29, 1.82) is 0 Å². The number of rotatable bonds is 3. The van der Waals surface area contributed by atoms with Gasteiger partial charge in [0.05, 0.1) is 24.7 Å². The largest absolute Gasteiger partial charge is 0.481 e. The molecule has 3 N–H and O–H groups in total. The van der Waals surface area contributed by atoms with Gasteiger partial charge in [0, 0.05) is 36.5 Å². The van der Waals surface area contributed by atoms with Crippen molar-refractivity contribution in [3.05, 3.63) is 48.0 Å². The Kier molecular flexibility index (Phi) is 8.29. The third-order valence-corrected chi connectivity index (χ3v) is 4.57. The van der Waals surface area contributed by atoms with Gasteiger partial charge in [0.1, 0.15) is 5.82 Å². The van der Waals surface area contributed by atoms with Gasteiger partial charge in [0.25, 0.3) is 0 Å². The molecule has 1 aliphatic heterocycles. The van der Waals surface area contributed by atoms with Crippen LogP contribution in [0.4, 0.5) is 10.1 Å². The Bertz CT molecular complexity index is 926. The molecule has 1 aromatic carbocycles. The Balaban J connectivity index is 0.000000707. The molecule has 9 heteroatoms. The molecule has 0 unspecified atom stereocenters. The Morgan fingerprint density at radius 3 is 2.62 bits per heavy atom. The van der Waals surface area contributed by atoms with Crippen LogP contribution >= 0.6 is 12.2 Å². The molecular formula is C20H26FN5O2S. The highest BCUT2D eigenvalue weighted by atomic mass is 32.1. The summed E-state index contributed by atoms with van der Waals surface area (Å²) in [5, 5.41) is 8.73. The van der Waals surface area contributed by atoms with E-state index in [-0.39, 0.29) is 11.7 Å². The van der Waals surface area contributed by atoms with E-state index in [1.807, 2.05) is 24.8 Å². The first-order chi connectivity index (χ1) is 14.1. The molecule has 1 fully saturated rings. The molecule has 3 heterocycles. The first-order valence-electron chi connectivity index (χ1n) is 9.32. The third-order valence-electron chi connectivity index (χ3n) is 4.21. The van der Waals surface area contributed by atoms with Crippen LogP contribution in [-0.2, 0) is 0 Å². The first kappa shape index (κ1) is 22.5. The zero-order chi connectivity index (χ0) is 21.4. The Morgan fingerprint density at radius 1 is 1.28 bits per heavy atom. The molecule has 0 bridgehead atoms. The number of methoxy groups -OCH3 is 1. The van der Waals surface area contributed by atoms with E-state index in [1.54, 1.807) is 25.4 Å². The number of hydrogen-bond donors (Lipinski definition) is 2. The number of ether oxygens (including phenoxy) is 1. The van der Waals surface area contributed by atoms with Gasteiger partial charge in [-0.3, -0.25) is 0 Å². The van der Waals surface area contributed by atoms with Gasteiger partial charge in [-0.25, -0.2) is 9.37 Å². The Labute approximate surface area is 175 Å². The minimum Gasteiger partial charge on any atom is -0.481 e. The molecule has 4 rings (SSSR count). The number of anilines is 1. The molecule has 2 aromatic heterocycles. The van der Waals surface area contributed by atoms with Crippen molar-refractivity contribution < 1.29 is 13.7 Å². The van der Waals surface area contributed by atoms with Gasteiger partial charge in [-0.05, 0) is 37.5 Å². The van der Waals surface area contributed by atoms with E-state index in [4.69, 9.17) is 21.5 Å². The lowest BCUT2D eigenvalue weighted by atomic mass is 9.94. The van der Waals surface area contributed by atoms with Crippen molar-refractivity contribution in [2.45, 2.75) is 19.8 Å². The fourth-order valence-electron chi connectivity index (χ4n) is 2.82. The van der Waals surface area contributed by atoms with E-state index >= 15 is 0 Å². The van der Waals surface area contributed by atoms with E-state index in [1.165, 1.54) is 19.2 Å². The van der Waals surface area contributed by atoms with Crippen LogP contribution in [-0.4, -0.2) is 47.4 Å². The van der Waals surface area contributed by atoms with Gasteiger partial charge in [0.2, 0.25) is 5.88 Å². The highest BCUT2D eigenvalue weighted by molar-refractivity contribution is 7.80. The molecule has 7 nitrogen and oxygen atoms in total. The lowest BCUT2D eigenvalue weighted by molar-refractivity contribution is 0.247. The molecule has 0 saturated carbocycles. The number of pyridine rings is 1. The predicted octanol–water partition coefficient (Wildman–Crippen LogP) is 3.77. The van der Waals surface area contributed by atoms with Crippen molar-refractivity contribution in [3.63, 3.8) is 0 Å². The zero-order valence-electron chi connectivity index (χ0n) is 17.0. The summed E-state index contributed by atoms with van der Waals surface area (Å²) in [5.41, 5.74) is 6.62. The first-order valence-corrected chi connectivity index (χ1v) is 9.73. The van der Waals surface area contributed by atoms with E-state index in [2.05, 4.69) is 21.2 Å². The summed E-state index contributed by atoms with van der Waals surface area (Å²) >= 11 is 5.43. The average Bonchev–Trinajstić information content (AvgIpc) is 3.13. The van der Waals surface area contributed by atoms with Crippen LogP contribution in [0, 0.1) is 5.82 Å². The smallest absolute Gasteiger partial charge is 0.213 e. The summed E-state index contributed by atoms with van der Waals surface area (Å²) in [5.74, 6) is 0.430. The minimum absolute atomic E-state index is 0.209. The standard InChI is InChI=1S/C17H15FN4O2S.C2H6.CH5N/c1-23-15-5-3-12(7-19-15)20-17(25)22-8-10(9-22)16-13-4-2-11(18)6-14(13)24-21-16;2*1-2/h2-7,10H,8-9H2,1H3,(H,20,25);1-2H3;2H2,1H3. The number of nitrogens with one attached hydrogen (secondary N) is 1. The van der Waals surface area contributed by atoms with E-state index < -0.39 is 0 Å². The molecule has 0 aliphatic carbocycles. The van der Waals surface area contributed by atoms with Gasteiger partial charge < -0.3 is 25.2 Å². The van der Waals surface area contributed by atoms with Crippen molar-refractivity contribution in [2.24, 2.45) is 5.73 Å². The van der Waals surface area contributed by atoms with Crippen molar-refractivity contribution in [1.82, 2.24) is 15.0 Å². The summed E-state index contributed by atoms with van der Waals surface area (Å²) in [7, 11) is 3.07. The number of thiocarbonyl (C=S) groups is 1. The maximum absolute atomic E-state index is 13.2. The maximum Gasteiger partial charge on any atom is 0.213 e. The van der Waals surface area contributed by atoms with Gasteiger partial charge in [-0.2, -0.15) is 0 Å².